The Morgan fingerprint density at radius 3 is 2.26 bits per heavy atom. The monoisotopic (exact) mass is 552 g/mol. The van der Waals surface area contributed by atoms with Crippen molar-refractivity contribution in [1.29, 1.82) is 0 Å². The van der Waals surface area contributed by atoms with Gasteiger partial charge in [-0.25, -0.2) is 4.79 Å². The zero-order valence-electron chi connectivity index (χ0n) is 21.1. The highest BCUT2D eigenvalue weighted by Crippen LogP contribution is 2.37. The van der Waals surface area contributed by atoms with Crippen LogP contribution in [-0.4, -0.2) is 47.6 Å². The summed E-state index contributed by atoms with van der Waals surface area (Å²) < 4.78 is 80.5. The molecule has 2 unspecified atom stereocenters. The Hall–Kier alpha value is -3.21. The average molecular weight is 553 g/mol. The zero-order chi connectivity index (χ0) is 27.8. The number of alkyl halides is 6. The van der Waals surface area contributed by atoms with E-state index in [-0.39, 0.29) is 48.5 Å². The summed E-state index contributed by atoms with van der Waals surface area (Å²) in [6, 6.07) is 8.48. The Labute approximate surface area is 221 Å². The molecule has 0 radical (unpaired) electrons. The van der Waals surface area contributed by atoms with E-state index < -0.39 is 23.5 Å². The number of halogens is 6. The summed E-state index contributed by atoms with van der Waals surface area (Å²) >= 11 is 0. The number of amides is 2. The topological polar surface area (TPSA) is 60.2 Å². The van der Waals surface area contributed by atoms with Gasteiger partial charge >= 0.3 is 18.4 Å². The molecule has 2 aromatic carbocycles. The van der Waals surface area contributed by atoms with Crippen molar-refractivity contribution in [2.75, 3.05) is 19.6 Å². The molecule has 5 rings (SSSR count). The third-order valence-electron chi connectivity index (χ3n) is 7.84. The second-order valence-corrected chi connectivity index (χ2v) is 10.5. The standard InChI is InChI=1S/C28H30F6N4O/c29-27(30,31)20-11-18(12-21(14-20)28(32,33)34)5-6-25-24(13-19-15-36-23-4-2-1-3-22(19)23)37-26(39)38(25)16-17-7-9-35-10-8-17/h1-4,11-12,14-15,17,24-25,35-36H,5-10,13,16H2,(H,37,39). The number of aromatic nitrogens is 1. The quantitative estimate of drug-likeness (QED) is 0.309. The van der Waals surface area contributed by atoms with Gasteiger partial charge in [-0.15, -0.1) is 0 Å². The Kier molecular flexibility index (Phi) is 7.54. The predicted octanol–water partition coefficient (Wildman–Crippen LogP) is 6.14. The van der Waals surface area contributed by atoms with Gasteiger partial charge in [-0.1, -0.05) is 18.2 Å². The van der Waals surface area contributed by atoms with Gasteiger partial charge in [0.15, 0.2) is 0 Å². The molecule has 2 saturated heterocycles. The number of rotatable bonds is 7. The predicted molar refractivity (Wildman–Crippen MR) is 135 cm³/mol. The van der Waals surface area contributed by atoms with E-state index in [9.17, 15) is 31.1 Å². The van der Waals surface area contributed by atoms with E-state index in [2.05, 4.69) is 15.6 Å². The van der Waals surface area contributed by atoms with Gasteiger partial charge in [0.25, 0.3) is 0 Å². The number of carbonyl (C=O) groups excluding carboxylic acids is 1. The zero-order valence-corrected chi connectivity index (χ0v) is 21.1. The SMILES string of the molecule is O=C1NC(Cc2c[nH]c3ccccc23)C(CCc2cc(C(F)(F)F)cc(C(F)(F)F)c2)N1CC1CCNCC1. The minimum atomic E-state index is -4.90. The van der Waals surface area contributed by atoms with Crippen LogP contribution in [0.1, 0.15) is 41.5 Å². The normalized spacial score (nSPS) is 21.1. The van der Waals surface area contributed by atoms with Crippen LogP contribution in [0.2, 0.25) is 0 Å². The van der Waals surface area contributed by atoms with E-state index in [1.54, 1.807) is 4.90 Å². The van der Waals surface area contributed by atoms with Gasteiger partial charge in [-0.2, -0.15) is 26.3 Å². The Morgan fingerprint density at radius 1 is 0.923 bits per heavy atom. The maximum absolute atomic E-state index is 13.4. The molecule has 2 amide bonds. The number of urea groups is 1. The number of aromatic amines is 1. The van der Waals surface area contributed by atoms with Crippen LogP contribution < -0.4 is 10.6 Å². The van der Waals surface area contributed by atoms with Crippen molar-refractivity contribution in [3.63, 3.8) is 0 Å². The third kappa shape index (κ3) is 6.18. The number of fused-ring (bicyclic) bond motifs is 1. The molecule has 3 N–H and O–H groups in total. The van der Waals surface area contributed by atoms with Crippen LogP contribution in [-0.2, 0) is 25.2 Å². The van der Waals surface area contributed by atoms with Crippen molar-refractivity contribution in [1.82, 2.24) is 20.5 Å². The maximum atomic E-state index is 13.4. The number of carbonyl (C=O) groups is 1. The molecular formula is C28H30F6N4O. The van der Waals surface area contributed by atoms with E-state index >= 15 is 0 Å². The fraction of sp³-hybridized carbons (Fsp3) is 0.464. The largest absolute Gasteiger partial charge is 0.416 e. The first-order valence-corrected chi connectivity index (χ1v) is 13.1. The lowest BCUT2D eigenvalue weighted by molar-refractivity contribution is -0.143. The van der Waals surface area contributed by atoms with E-state index in [1.807, 2.05) is 30.5 Å². The average Bonchev–Trinajstić information content (AvgIpc) is 3.42. The fourth-order valence-electron chi connectivity index (χ4n) is 5.83. The molecular weight excluding hydrogens is 522 g/mol. The van der Waals surface area contributed by atoms with Gasteiger partial charge in [-0.3, -0.25) is 0 Å². The number of para-hydroxylation sites is 1. The second-order valence-electron chi connectivity index (χ2n) is 10.5. The first-order valence-electron chi connectivity index (χ1n) is 13.1. The number of piperidine rings is 1. The number of benzene rings is 2. The second kappa shape index (κ2) is 10.7. The Bertz CT molecular complexity index is 1280. The van der Waals surface area contributed by atoms with Gasteiger partial charge < -0.3 is 20.5 Å². The Morgan fingerprint density at radius 2 is 1.59 bits per heavy atom. The van der Waals surface area contributed by atoms with Crippen molar-refractivity contribution in [2.45, 2.75) is 56.5 Å². The molecule has 0 saturated carbocycles. The van der Waals surface area contributed by atoms with Crippen LogP contribution in [0.5, 0.6) is 0 Å². The van der Waals surface area contributed by atoms with E-state index in [4.69, 9.17) is 0 Å². The highest BCUT2D eigenvalue weighted by Gasteiger charge is 2.41. The molecule has 0 aliphatic carbocycles. The lowest BCUT2D eigenvalue weighted by atomic mass is 9.92. The molecule has 0 bridgehead atoms. The van der Waals surface area contributed by atoms with Crippen LogP contribution in [0.15, 0.2) is 48.7 Å². The van der Waals surface area contributed by atoms with Crippen molar-refractivity contribution in [2.24, 2.45) is 5.92 Å². The third-order valence-corrected chi connectivity index (χ3v) is 7.84. The molecule has 210 valence electrons. The van der Waals surface area contributed by atoms with Crippen molar-refractivity contribution >= 4 is 16.9 Å². The number of H-pyrrole nitrogens is 1. The highest BCUT2D eigenvalue weighted by molar-refractivity contribution is 5.83. The first-order chi connectivity index (χ1) is 18.5. The van der Waals surface area contributed by atoms with Crippen molar-refractivity contribution < 1.29 is 31.1 Å². The van der Waals surface area contributed by atoms with Crippen molar-refractivity contribution in [3.05, 3.63) is 70.9 Å². The molecule has 39 heavy (non-hydrogen) atoms. The molecule has 2 aliphatic heterocycles. The van der Waals surface area contributed by atoms with Gasteiger partial charge in [0.2, 0.25) is 0 Å². The van der Waals surface area contributed by atoms with E-state index in [0.717, 1.165) is 54.5 Å². The van der Waals surface area contributed by atoms with Gasteiger partial charge in [0.05, 0.1) is 23.2 Å². The Balaban J connectivity index is 1.42. The maximum Gasteiger partial charge on any atom is 0.416 e. The summed E-state index contributed by atoms with van der Waals surface area (Å²) in [5, 5.41) is 7.35. The molecule has 2 fully saturated rings. The number of hydrogen-bond donors (Lipinski definition) is 3. The summed E-state index contributed by atoms with van der Waals surface area (Å²) in [5.74, 6) is 0.275. The fourth-order valence-corrected chi connectivity index (χ4v) is 5.83. The van der Waals surface area contributed by atoms with Gasteiger partial charge in [0, 0.05) is 23.6 Å². The molecule has 5 nitrogen and oxygen atoms in total. The molecule has 3 heterocycles. The smallest absolute Gasteiger partial charge is 0.361 e. The number of nitrogens with one attached hydrogen (secondary N) is 3. The molecule has 2 aliphatic rings. The molecule has 2 atom stereocenters. The first kappa shape index (κ1) is 27.4. The summed E-state index contributed by atoms with van der Waals surface area (Å²) in [6.45, 7) is 2.18. The van der Waals surface area contributed by atoms with Gasteiger partial charge in [0.1, 0.15) is 0 Å². The lowest BCUT2D eigenvalue weighted by Crippen LogP contribution is -2.43. The minimum absolute atomic E-state index is 0.0280. The number of hydrogen-bond acceptors (Lipinski definition) is 2. The molecule has 11 heteroatoms. The summed E-state index contributed by atoms with van der Waals surface area (Å²) in [7, 11) is 0. The van der Waals surface area contributed by atoms with Crippen LogP contribution >= 0.6 is 0 Å². The van der Waals surface area contributed by atoms with E-state index in [0.29, 0.717) is 13.0 Å². The van der Waals surface area contributed by atoms with Crippen molar-refractivity contribution in [3.8, 4) is 0 Å². The minimum Gasteiger partial charge on any atom is -0.361 e. The lowest BCUT2D eigenvalue weighted by Gasteiger charge is -2.32. The van der Waals surface area contributed by atoms with Crippen LogP contribution in [0.4, 0.5) is 31.1 Å². The molecule has 3 aromatic rings. The summed E-state index contributed by atoms with van der Waals surface area (Å²) in [4.78, 5) is 18.1. The summed E-state index contributed by atoms with van der Waals surface area (Å²) in [6.07, 6.45) is -5.45. The van der Waals surface area contributed by atoms with E-state index in [1.165, 1.54) is 0 Å². The summed E-state index contributed by atoms with van der Waals surface area (Å²) in [5.41, 5.74) is -0.763. The molecule has 1 aromatic heterocycles. The highest BCUT2D eigenvalue weighted by atomic mass is 19.4. The number of aryl methyl sites for hydroxylation is 1. The van der Waals surface area contributed by atoms with Gasteiger partial charge in [-0.05, 0) is 86.5 Å². The molecule has 0 spiro atoms. The van der Waals surface area contributed by atoms with Crippen LogP contribution in [0, 0.1) is 5.92 Å². The van der Waals surface area contributed by atoms with Crippen LogP contribution in [0.3, 0.4) is 0 Å². The van der Waals surface area contributed by atoms with Crippen LogP contribution in [0.25, 0.3) is 10.9 Å². The number of nitrogens with zero attached hydrogens (tertiary/aromatic N) is 1.